The van der Waals surface area contributed by atoms with Gasteiger partial charge in [-0.15, -0.1) is 0 Å². The number of hydrogen-bond acceptors (Lipinski definition) is 3. The maximum Gasteiger partial charge on any atom is 0.261 e. The van der Waals surface area contributed by atoms with Crippen LogP contribution in [0.5, 0.6) is 5.75 Å². The summed E-state index contributed by atoms with van der Waals surface area (Å²) in [6.45, 7) is 4.01. The van der Waals surface area contributed by atoms with Crippen molar-refractivity contribution in [1.82, 2.24) is 10.2 Å². The second kappa shape index (κ2) is 12.4. The first kappa shape index (κ1) is 24.8. The van der Waals surface area contributed by atoms with Gasteiger partial charge in [0, 0.05) is 22.6 Å². The van der Waals surface area contributed by atoms with Crippen molar-refractivity contribution in [3.05, 3.63) is 99.6 Å². The standard InChI is InChI=1S/C27H29IN2O3/c1-20(2)29-27(32)25(17-21-9-5-3-6-10-21)30(18-22-11-7-4-8-12-22)26(31)19-33-24-15-13-23(28)14-16-24/h3-16,20,25H,17-19H2,1-2H3,(H,29,32)/t25-/m1/s1. The van der Waals surface area contributed by atoms with E-state index in [0.29, 0.717) is 18.7 Å². The van der Waals surface area contributed by atoms with Gasteiger partial charge in [-0.25, -0.2) is 0 Å². The molecule has 0 spiro atoms. The van der Waals surface area contributed by atoms with Gasteiger partial charge in [0.05, 0.1) is 0 Å². The van der Waals surface area contributed by atoms with Crippen molar-refractivity contribution in [2.24, 2.45) is 0 Å². The third-order valence-electron chi connectivity index (χ3n) is 5.07. The third-order valence-corrected chi connectivity index (χ3v) is 5.79. The molecule has 0 aliphatic rings. The van der Waals surface area contributed by atoms with E-state index in [0.717, 1.165) is 14.7 Å². The topological polar surface area (TPSA) is 58.6 Å². The largest absolute Gasteiger partial charge is 0.484 e. The van der Waals surface area contributed by atoms with E-state index in [9.17, 15) is 9.59 Å². The van der Waals surface area contributed by atoms with Gasteiger partial charge >= 0.3 is 0 Å². The van der Waals surface area contributed by atoms with Gasteiger partial charge < -0.3 is 15.0 Å². The molecule has 0 aliphatic carbocycles. The van der Waals surface area contributed by atoms with Gasteiger partial charge in [-0.3, -0.25) is 9.59 Å². The normalized spacial score (nSPS) is 11.6. The van der Waals surface area contributed by atoms with Crippen LogP contribution in [-0.2, 0) is 22.6 Å². The van der Waals surface area contributed by atoms with Crippen LogP contribution in [0.3, 0.4) is 0 Å². The number of hydrogen-bond donors (Lipinski definition) is 1. The minimum Gasteiger partial charge on any atom is -0.484 e. The van der Waals surface area contributed by atoms with Gasteiger partial charge in [0.2, 0.25) is 5.91 Å². The molecular weight excluding hydrogens is 527 g/mol. The summed E-state index contributed by atoms with van der Waals surface area (Å²) in [4.78, 5) is 28.3. The fourth-order valence-electron chi connectivity index (χ4n) is 3.47. The van der Waals surface area contributed by atoms with E-state index in [1.54, 1.807) is 4.90 Å². The summed E-state index contributed by atoms with van der Waals surface area (Å²) >= 11 is 2.22. The number of nitrogens with zero attached hydrogens (tertiary/aromatic N) is 1. The summed E-state index contributed by atoms with van der Waals surface area (Å²) < 4.78 is 6.86. The van der Waals surface area contributed by atoms with Crippen molar-refractivity contribution in [2.75, 3.05) is 6.61 Å². The second-order valence-electron chi connectivity index (χ2n) is 8.12. The molecule has 3 aromatic rings. The summed E-state index contributed by atoms with van der Waals surface area (Å²) in [5, 5.41) is 2.99. The van der Waals surface area contributed by atoms with Crippen molar-refractivity contribution >= 4 is 34.4 Å². The zero-order valence-corrected chi connectivity index (χ0v) is 21.1. The minimum atomic E-state index is -0.664. The maximum atomic E-state index is 13.4. The van der Waals surface area contributed by atoms with Gasteiger partial charge in [0.1, 0.15) is 11.8 Å². The highest BCUT2D eigenvalue weighted by Gasteiger charge is 2.31. The van der Waals surface area contributed by atoms with E-state index < -0.39 is 6.04 Å². The highest BCUT2D eigenvalue weighted by Crippen LogP contribution is 2.17. The van der Waals surface area contributed by atoms with Crippen LogP contribution < -0.4 is 10.1 Å². The van der Waals surface area contributed by atoms with Crippen molar-refractivity contribution in [3.8, 4) is 5.75 Å². The molecule has 3 rings (SSSR count). The lowest BCUT2D eigenvalue weighted by molar-refractivity contribution is -0.143. The Kier molecular flexibility index (Phi) is 9.30. The monoisotopic (exact) mass is 556 g/mol. The summed E-state index contributed by atoms with van der Waals surface area (Å²) in [7, 11) is 0. The molecule has 1 N–H and O–H groups in total. The number of benzene rings is 3. The Morgan fingerprint density at radius 2 is 1.45 bits per heavy atom. The fraction of sp³-hybridized carbons (Fsp3) is 0.259. The fourth-order valence-corrected chi connectivity index (χ4v) is 3.83. The molecule has 0 aromatic heterocycles. The molecule has 1 atom stereocenters. The van der Waals surface area contributed by atoms with E-state index in [4.69, 9.17) is 4.74 Å². The van der Waals surface area contributed by atoms with Crippen molar-refractivity contribution < 1.29 is 14.3 Å². The first-order valence-electron chi connectivity index (χ1n) is 11.0. The molecule has 0 bridgehead atoms. The molecule has 33 heavy (non-hydrogen) atoms. The molecule has 0 saturated carbocycles. The van der Waals surface area contributed by atoms with Crippen LogP contribution in [0, 0.1) is 3.57 Å². The smallest absolute Gasteiger partial charge is 0.261 e. The van der Waals surface area contributed by atoms with Crippen LogP contribution in [0.25, 0.3) is 0 Å². The van der Waals surface area contributed by atoms with E-state index >= 15 is 0 Å². The van der Waals surface area contributed by atoms with Crippen LogP contribution in [0.1, 0.15) is 25.0 Å². The predicted octanol–water partition coefficient (Wildman–Crippen LogP) is 4.83. The van der Waals surface area contributed by atoms with E-state index in [2.05, 4.69) is 27.9 Å². The Labute approximate surface area is 209 Å². The molecule has 6 heteroatoms. The van der Waals surface area contributed by atoms with E-state index in [-0.39, 0.29) is 24.5 Å². The van der Waals surface area contributed by atoms with Crippen LogP contribution in [0.2, 0.25) is 0 Å². The lowest BCUT2D eigenvalue weighted by atomic mass is 10.0. The molecule has 0 radical (unpaired) electrons. The maximum absolute atomic E-state index is 13.4. The molecule has 0 unspecified atom stereocenters. The molecule has 5 nitrogen and oxygen atoms in total. The van der Waals surface area contributed by atoms with Crippen molar-refractivity contribution in [3.63, 3.8) is 0 Å². The molecule has 0 saturated heterocycles. The first-order chi connectivity index (χ1) is 15.9. The average Bonchev–Trinajstić information content (AvgIpc) is 2.81. The quantitative estimate of drug-likeness (QED) is 0.364. The highest BCUT2D eigenvalue weighted by molar-refractivity contribution is 14.1. The Hall–Kier alpha value is -2.87. The summed E-state index contributed by atoms with van der Waals surface area (Å²) in [6.07, 6.45) is 0.418. The molecule has 0 heterocycles. The zero-order valence-electron chi connectivity index (χ0n) is 18.9. The Morgan fingerprint density at radius 1 is 0.879 bits per heavy atom. The number of halogens is 1. The number of carbonyl (C=O) groups excluding carboxylic acids is 2. The molecule has 0 aliphatic heterocycles. The van der Waals surface area contributed by atoms with Crippen molar-refractivity contribution in [1.29, 1.82) is 0 Å². The van der Waals surface area contributed by atoms with Gasteiger partial charge in [0.15, 0.2) is 6.61 Å². The van der Waals surface area contributed by atoms with Gasteiger partial charge in [0.25, 0.3) is 5.91 Å². The number of carbonyl (C=O) groups is 2. The number of rotatable bonds is 10. The lowest BCUT2D eigenvalue weighted by Crippen LogP contribution is -2.52. The highest BCUT2D eigenvalue weighted by atomic mass is 127. The van der Waals surface area contributed by atoms with Crippen LogP contribution in [0.15, 0.2) is 84.9 Å². The summed E-state index contributed by atoms with van der Waals surface area (Å²) in [5.74, 6) is 0.208. The molecule has 2 amide bonds. The Bertz CT molecular complexity index is 1020. The molecular formula is C27H29IN2O3. The number of amides is 2. The molecule has 3 aromatic carbocycles. The first-order valence-corrected chi connectivity index (χ1v) is 12.1. The van der Waals surface area contributed by atoms with Gasteiger partial charge in [-0.2, -0.15) is 0 Å². The van der Waals surface area contributed by atoms with Gasteiger partial charge in [-0.05, 0) is 71.8 Å². The molecule has 0 fully saturated rings. The predicted molar refractivity (Wildman–Crippen MR) is 139 cm³/mol. The SMILES string of the molecule is CC(C)NC(=O)[C@@H](Cc1ccccc1)N(Cc1ccccc1)C(=O)COc1ccc(I)cc1. The van der Waals surface area contributed by atoms with Crippen LogP contribution >= 0.6 is 22.6 Å². The summed E-state index contributed by atoms with van der Waals surface area (Å²) in [6, 6.07) is 26.3. The Balaban J connectivity index is 1.87. The Morgan fingerprint density at radius 3 is 2.03 bits per heavy atom. The van der Waals surface area contributed by atoms with Gasteiger partial charge in [-0.1, -0.05) is 60.7 Å². The minimum absolute atomic E-state index is 0.0347. The van der Waals surface area contributed by atoms with Crippen LogP contribution in [-0.4, -0.2) is 35.4 Å². The average molecular weight is 556 g/mol. The van der Waals surface area contributed by atoms with Crippen LogP contribution in [0.4, 0.5) is 0 Å². The zero-order chi connectivity index (χ0) is 23.6. The second-order valence-corrected chi connectivity index (χ2v) is 9.36. The number of nitrogens with one attached hydrogen (secondary N) is 1. The summed E-state index contributed by atoms with van der Waals surface area (Å²) in [5.41, 5.74) is 1.95. The van der Waals surface area contributed by atoms with E-state index in [1.807, 2.05) is 98.8 Å². The van der Waals surface area contributed by atoms with Crippen molar-refractivity contribution in [2.45, 2.75) is 38.9 Å². The lowest BCUT2D eigenvalue weighted by Gasteiger charge is -2.32. The third kappa shape index (κ3) is 7.89. The van der Waals surface area contributed by atoms with E-state index in [1.165, 1.54) is 0 Å². The number of ether oxygens (including phenoxy) is 1. The molecule has 172 valence electrons.